The maximum Gasteiger partial charge on any atom is 0.258 e. The Morgan fingerprint density at radius 3 is 2.82 bits per heavy atom. The molecule has 6 nitrogen and oxygen atoms in total. The second-order valence-corrected chi connectivity index (χ2v) is 4.85. The number of fused-ring (bicyclic) bond motifs is 1. The highest BCUT2D eigenvalue weighted by molar-refractivity contribution is 5.96. The van der Waals surface area contributed by atoms with E-state index in [0.717, 1.165) is 0 Å². The van der Waals surface area contributed by atoms with Crippen LogP contribution in [-0.4, -0.2) is 21.0 Å². The summed E-state index contributed by atoms with van der Waals surface area (Å²) in [7, 11) is 0. The molecule has 0 saturated heterocycles. The van der Waals surface area contributed by atoms with Crippen LogP contribution in [0.2, 0.25) is 0 Å². The molecule has 3 aromatic rings. The van der Waals surface area contributed by atoms with E-state index in [9.17, 15) is 14.7 Å². The third-order valence-electron chi connectivity index (χ3n) is 3.27. The summed E-state index contributed by atoms with van der Waals surface area (Å²) in [6, 6.07) is 10.3. The predicted octanol–water partition coefficient (Wildman–Crippen LogP) is 2.25. The quantitative estimate of drug-likeness (QED) is 0.675. The van der Waals surface area contributed by atoms with Crippen molar-refractivity contribution in [2.24, 2.45) is 0 Å². The van der Waals surface area contributed by atoms with Crippen molar-refractivity contribution in [2.75, 3.05) is 5.32 Å². The minimum atomic E-state index is -0.334. The van der Waals surface area contributed by atoms with Crippen molar-refractivity contribution >= 4 is 22.5 Å². The van der Waals surface area contributed by atoms with E-state index in [0.29, 0.717) is 16.8 Å². The fourth-order valence-electron chi connectivity index (χ4n) is 2.35. The average molecular weight is 295 g/mol. The topological polar surface area (TPSA) is 95.1 Å². The molecule has 0 spiro atoms. The highest BCUT2D eigenvalue weighted by Gasteiger charge is 2.11. The van der Waals surface area contributed by atoms with Crippen molar-refractivity contribution in [2.45, 2.75) is 6.92 Å². The molecule has 1 aromatic heterocycles. The average Bonchev–Trinajstić information content (AvgIpc) is 2.48. The first-order valence-electron chi connectivity index (χ1n) is 6.63. The van der Waals surface area contributed by atoms with Crippen LogP contribution < -0.4 is 10.9 Å². The number of aromatic hydroxyl groups is 1. The van der Waals surface area contributed by atoms with Crippen LogP contribution in [0, 0.1) is 0 Å². The van der Waals surface area contributed by atoms with Crippen molar-refractivity contribution in [3.05, 3.63) is 53.1 Å². The normalized spacial score (nSPS) is 10.6. The molecule has 1 heterocycles. The smallest absolute Gasteiger partial charge is 0.258 e. The van der Waals surface area contributed by atoms with Crippen LogP contribution in [0.3, 0.4) is 0 Å². The number of phenolic OH excluding ortho intramolecular Hbond substituents is 1. The Morgan fingerprint density at radius 1 is 1.27 bits per heavy atom. The molecule has 0 saturated carbocycles. The van der Waals surface area contributed by atoms with Crippen molar-refractivity contribution in [3.8, 4) is 16.9 Å². The zero-order chi connectivity index (χ0) is 15.7. The van der Waals surface area contributed by atoms with E-state index in [1.165, 1.54) is 19.3 Å². The number of para-hydroxylation sites is 1. The summed E-state index contributed by atoms with van der Waals surface area (Å²) >= 11 is 0. The lowest BCUT2D eigenvalue weighted by Gasteiger charge is -2.11. The molecule has 0 atom stereocenters. The molecule has 110 valence electrons. The molecule has 0 aliphatic carbocycles. The van der Waals surface area contributed by atoms with Crippen molar-refractivity contribution in [1.82, 2.24) is 9.97 Å². The van der Waals surface area contributed by atoms with Crippen LogP contribution in [0.25, 0.3) is 22.0 Å². The lowest BCUT2D eigenvalue weighted by atomic mass is 10.0. The molecule has 0 fully saturated rings. The lowest BCUT2D eigenvalue weighted by Crippen LogP contribution is -2.08. The zero-order valence-electron chi connectivity index (χ0n) is 11.8. The molecule has 0 radical (unpaired) electrons. The van der Waals surface area contributed by atoms with Crippen LogP contribution in [-0.2, 0) is 4.79 Å². The predicted molar refractivity (Wildman–Crippen MR) is 83.8 cm³/mol. The minimum absolute atomic E-state index is 0.0868. The number of phenols is 1. The number of carbonyl (C=O) groups excluding carboxylic acids is 1. The summed E-state index contributed by atoms with van der Waals surface area (Å²) in [4.78, 5) is 29.7. The van der Waals surface area contributed by atoms with Crippen LogP contribution in [0.1, 0.15) is 6.92 Å². The Bertz CT molecular complexity index is 931. The Hall–Kier alpha value is -3.15. The van der Waals surface area contributed by atoms with Gasteiger partial charge < -0.3 is 15.4 Å². The second kappa shape index (κ2) is 5.33. The SMILES string of the molecule is CC(=O)Nc1ccccc1-c1cc(O)c2nc[nH]c(=O)c2c1. The fraction of sp³-hybridized carbons (Fsp3) is 0.0625. The van der Waals surface area contributed by atoms with Gasteiger partial charge in [-0.2, -0.15) is 0 Å². The number of nitrogens with zero attached hydrogens (tertiary/aromatic N) is 1. The number of H-pyrrole nitrogens is 1. The van der Waals surface area contributed by atoms with E-state index in [4.69, 9.17) is 0 Å². The summed E-state index contributed by atoms with van der Waals surface area (Å²) in [5.74, 6) is -0.284. The van der Waals surface area contributed by atoms with Gasteiger partial charge in [0.1, 0.15) is 11.3 Å². The van der Waals surface area contributed by atoms with Gasteiger partial charge in [0, 0.05) is 18.2 Å². The number of nitrogens with one attached hydrogen (secondary N) is 2. The maximum atomic E-state index is 11.9. The molecule has 3 N–H and O–H groups in total. The number of aromatic nitrogens is 2. The summed E-state index contributed by atoms with van der Waals surface area (Å²) in [5.41, 5.74) is 1.84. The molecule has 2 aromatic carbocycles. The van der Waals surface area contributed by atoms with Crippen LogP contribution >= 0.6 is 0 Å². The van der Waals surface area contributed by atoms with Crippen LogP contribution in [0.5, 0.6) is 5.75 Å². The molecule has 0 aliphatic rings. The number of carbonyl (C=O) groups is 1. The zero-order valence-corrected chi connectivity index (χ0v) is 11.8. The van der Waals surface area contributed by atoms with E-state index in [1.807, 2.05) is 6.07 Å². The molecule has 0 unspecified atom stereocenters. The first-order valence-corrected chi connectivity index (χ1v) is 6.63. The minimum Gasteiger partial charge on any atom is -0.506 e. The summed E-state index contributed by atoms with van der Waals surface area (Å²) in [5, 5.41) is 13.1. The Morgan fingerprint density at radius 2 is 2.05 bits per heavy atom. The highest BCUT2D eigenvalue weighted by atomic mass is 16.3. The van der Waals surface area contributed by atoms with Crippen LogP contribution in [0.15, 0.2) is 47.5 Å². The highest BCUT2D eigenvalue weighted by Crippen LogP contribution is 2.33. The standard InChI is InChI=1S/C16H13N3O3/c1-9(20)19-13-5-3-2-4-11(13)10-6-12-15(14(21)7-10)17-8-18-16(12)22/h2-8,21H,1H3,(H,19,20)(H,17,18,22). The molecule has 1 amide bonds. The van der Waals surface area contributed by atoms with E-state index >= 15 is 0 Å². The second-order valence-electron chi connectivity index (χ2n) is 4.85. The van der Waals surface area contributed by atoms with Gasteiger partial charge in [0.05, 0.1) is 11.7 Å². The van der Waals surface area contributed by atoms with Gasteiger partial charge in [0.15, 0.2) is 0 Å². The van der Waals surface area contributed by atoms with Crippen molar-refractivity contribution < 1.29 is 9.90 Å². The summed E-state index contributed by atoms with van der Waals surface area (Å²) in [6.07, 6.45) is 1.25. The monoisotopic (exact) mass is 295 g/mol. The summed E-state index contributed by atoms with van der Waals surface area (Å²) < 4.78 is 0. The largest absolute Gasteiger partial charge is 0.506 e. The van der Waals surface area contributed by atoms with Gasteiger partial charge in [-0.25, -0.2) is 4.98 Å². The Labute approximate surface area is 125 Å². The Kier molecular flexibility index (Phi) is 3.34. The molecule has 3 rings (SSSR count). The van der Waals surface area contributed by atoms with Gasteiger partial charge in [-0.15, -0.1) is 0 Å². The molecular weight excluding hydrogens is 282 g/mol. The number of hydrogen-bond acceptors (Lipinski definition) is 4. The van der Waals surface area contributed by atoms with Gasteiger partial charge in [-0.05, 0) is 23.8 Å². The molecule has 6 heteroatoms. The molecule has 22 heavy (non-hydrogen) atoms. The molecule has 0 bridgehead atoms. The third kappa shape index (κ3) is 2.42. The third-order valence-corrected chi connectivity index (χ3v) is 3.27. The lowest BCUT2D eigenvalue weighted by molar-refractivity contribution is -0.114. The molecule has 0 aliphatic heterocycles. The van der Waals surface area contributed by atoms with E-state index in [-0.39, 0.29) is 28.1 Å². The number of aromatic amines is 1. The van der Waals surface area contributed by atoms with Gasteiger partial charge >= 0.3 is 0 Å². The maximum absolute atomic E-state index is 11.9. The van der Waals surface area contributed by atoms with Gasteiger partial charge in [0.2, 0.25) is 5.91 Å². The van der Waals surface area contributed by atoms with E-state index in [1.54, 1.807) is 24.3 Å². The van der Waals surface area contributed by atoms with Gasteiger partial charge in [-0.3, -0.25) is 9.59 Å². The first-order chi connectivity index (χ1) is 10.6. The number of amides is 1. The molecular formula is C16H13N3O3. The van der Waals surface area contributed by atoms with Gasteiger partial charge in [0.25, 0.3) is 5.56 Å². The Balaban J connectivity index is 2.25. The number of anilines is 1. The van der Waals surface area contributed by atoms with Crippen molar-refractivity contribution in [1.29, 1.82) is 0 Å². The summed E-state index contributed by atoms with van der Waals surface area (Å²) in [6.45, 7) is 1.42. The van der Waals surface area contributed by atoms with E-state index in [2.05, 4.69) is 15.3 Å². The first kappa shape index (κ1) is 13.8. The van der Waals surface area contributed by atoms with E-state index < -0.39 is 0 Å². The number of rotatable bonds is 2. The van der Waals surface area contributed by atoms with Gasteiger partial charge in [-0.1, -0.05) is 18.2 Å². The fourth-order valence-corrected chi connectivity index (χ4v) is 2.35. The van der Waals surface area contributed by atoms with Crippen LogP contribution in [0.4, 0.5) is 5.69 Å². The number of hydrogen-bond donors (Lipinski definition) is 3. The van der Waals surface area contributed by atoms with Crippen molar-refractivity contribution in [3.63, 3.8) is 0 Å². The number of benzene rings is 2.